The largest absolute Gasteiger partial charge is 0.497 e. The Morgan fingerprint density at radius 1 is 1.20 bits per heavy atom. The van der Waals surface area contributed by atoms with Crippen molar-refractivity contribution < 1.29 is 13.9 Å². The lowest BCUT2D eigenvalue weighted by Gasteiger charge is -2.08. The fraction of sp³-hybridized carbons (Fsp3) is 0.133. The summed E-state index contributed by atoms with van der Waals surface area (Å²) >= 11 is 6.55. The molecule has 2 aromatic carbocycles. The fourth-order valence-corrected chi connectivity index (χ4v) is 2.52. The first-order valence-electron chi connectivity index (χ1n) is 5.82. The molecular formula is C15H11Br2FO2. The van der Waals surface area contributed by atoms with Gasteiger partial charge >= 0.3 is 0 Å². The summed E-state index contributed by atoms with van der Waals surface area (Å²) in [7, 11) is 1.56. The second kappa shape index (κ2) is 6.50. The molecule has 0 N–H and O–H groups in total. The molecule has 0 aliphatic rings. The molecule has 0 spiro atoms. The summed E-state index contributed by atoms with van der Waals surface area (Å²) in [5.41, 5.74) is 0.847. The Morgan fingerprint density at radius 2 is 1.95 bits per heavy atom. The van der Waals surface area contributed by atoms with Gasteiger partial charge in [-0.2, -0.15) is 0 Å². The summed E-state index contributed by atoms with van der Waals surface area (Å²) in [6, 6.07) is 9.77. The van der Waals surface area contributed by atoms with Crippen molar-refractivity contribution in [1.29, 1.82) is 0 Å². The number of carbonyl (C=O) groups is 1. The number of hydrogen-bond acceptors (Lipinski definition) is 2. The van der Waals surface area contributed by atoms with Crippen molar-refractivity contribution in [3.63, 3.8) is 0 Å². The Bertz CT molecular complexity index is 656. The highest BCUT2D eigenvalue weighted by molar-refractivity contribution is 9.10. The third-order valence-corrected chi connectivity index (χ3v) is 4.10. The van der Waals surface area contributed by atoms with Crippen LogP contribution in [0.25, 0.3) is 0 Å². The maximum atomic E-state index is 13.8. The van der Waals surface area contributed by atoms with Crippen molar-refractivity contribution in [3.8, 4) is 5.75 Å². The lowest BCUT2D eigenvalue weighted by atomic mass is 10.0. The van der Waals surface area contributed by atoms with Crippen molar-refractivity contribution in [1.82, 2.24) is 0 Å². The van der Waals surface area contributed by atoms with Gasteiger partial charge in [0.25, 0.3) is 0 Å². The van der Waals surface area contributed by atoms with Crippen molar-refractivity contribution in [2.24, 2.45) is 0 Å². The van der Waals surface area contributed by atoms with Crippen LogP contribution < -0.4 is 4.74 Å². The van der Waals surface area contributed by atoms with Crippen molar-refractivity contribution in [2.45, 2.75) is 6.42 Å². The summed E-state index contributed by atoms with van der Waals surface area (Å²) in [5.74, 6) is -0.139. The van der Waals surface area contributed by atoms with Crippen LogP contribution in [0.3, 0.4) is 0 Å². The topological polar surface area (TPSA) is 26.3 Å². The van der Waals surface area contributed by atoms with Crippen LogP contribution in [0.5, 0.6) is 5.75 Å². The van der Waals surface area contributed by atoms with E-state index in [1.807, 2.05) is 0 Å². The van der Waals surface area contributed by atoms with E-state index in [0.717, 1.165) is 10.0 Å². The zero-order chi connectivity index (χ0) is 14.7. The predicted octanol–water partition coefficient (Wildman–Crippen LogP) is 4.78. The number of ether oxygens (including phenoxy) is 1. The van der Waals surface area contributed by atoms with Gasteiger partial charge in [0.2, 0.25) is 0 Å². The molecule has 0 fully saturated rings. The molecule has 0 heterocycles. The summed E-state index contributed by atoms with van der Waals surface area (Å²) in [4.78, 5) is 12.2. The van der Waals surface area contributed by atoms with Gasteiger partial charge in [0.1, 0.15) is 11.6 Å². The molecule has 0 saturated heterocycles. The van der Waals surface area contributed by atoms with E-state index in [0.29, 0.717) is 10.2 Å². The van der Waals surface area contributed by atoms with Gasteiger partial charge in [-0.1, -0.05) is 31.9 Å². The van der Waals surface area contributed by atoms with Gasteiger partial charge in [-0.3, -0.25) is 4.79 Å². The van der Waals surface area contributed by atoms with Crippen molar-refractivity contribution in [3.05, 3.63) is 62.3 Å². The molecule has 2 aromatic rings. The Kier molecular flexibility index (Phi) is 4.94. The number of Topliss-reactive ketones (excluding diaryl/α,β-unsaturated/α-hetero) is 1. The second-order valence-electron chi connectivity index (χ2n) is 4.18. The first-order valence-corrected chi connectivity index (χ1v) is 7.40. The Hall–Kier alpha value is -1.20. The van der Waals surface area contributed by atoms with Crippen LogP contribution in [-0.2, 0) is 6.42 Å². The normalized spacial score (nSPS) is 10.4. The van der Waals surface area contributed by atoms with Crippen molar-refractivity contribution >= 4 is 37.6 Å². The number of rotatable bonds is 4. The fourth-order valence-electron chi connectivity index (χ4n) is 1.80. The van der Waals surface area contributed by atoms with Crippen LogP contribution in [0.2, 0.25) is 0 Å². The van der Waals surface area contributed by atoms with E-state index < -0.39 is 5.82 Å². The molecule has 0 atom stereocenters. The summed E-state index contributed by atoms with van der Waals surface area (Å²) in [6.45, 7) is 0. The standard InChI is InChI=1S/C15H11Br2FO2/c1-20-11-3-5-13(17)9(6-11)7-15(19)12-4-2-10(16)8-14(12)18/h2-6,8H,7H2,1H3. The smallest absolute Gasteiger partial charge is 0.170 e. The molecule has 0 aromatic heterocycles. The number of benzene rings is 2. The molecule has 0 bridgehead atoms. The number of hydrogen-bond donors (Lipinski definition) is 0. The molecule has 20 heavy (non-hydrogen) atoms. The van der Waals surface area contributed by atoms with E-state index in [2.05, 4.69) is 31.9 Å². The van der Waals surface area contributed by atoms with Gasteiger partial charge in [0, 0.05) is 15.4 Å². The minimum absolute atomic E-state index is 0.0860. The first kappa shape index (κ1) is 15.2. The van der Waals surface area contributed by atoms with Crippen LogP contribution in [0.15, 0.2) is 45.3 Å². The molecule has 5 heteroatoms. The second-order valence-corrected chi connectivity index (χ2v) is 5.95. The summed E-state index contributed by atoms with van der Waals surface area (Å²) in [6.07, 6.45) is 0.107. The predicted molar refractivity (Wildman–Crippen MR) is 82.8 cm³/mol. The van der Waals surface area contributed by atoms with Crippen LogP contribution in [0.1, 0.15) is 15.9 Å². The quantitative estimate of drug-likeness (QED) is 0.688. The van der Waals surface area contributed by atoms with E-state index in [1.54, 1.807) is 31.4 Å². The number of methoxy groups -OCH3 is 1. The lowest BCUT2D eigenvalue weighted by Crippen LogP contribution is -2.07. The molecule has 0 aliphatic carbocycles. The molecule has 0 amide bonds. The maximum Gasteiger partial charge on any atom is 0.170 e. The van der Waals surface area contributed by atoms with E-state index in [-0.39, 0.29) is 17.8 Å². The zero-order valence-electron chi connectivity index (χ0n) is 10.6. The van der Waals surface area contributed by atoms with Gasteiger partial charge in [0.15, 0.2) is 5.78 Å². The third kappa shape index (κ3) is 3.46. The van der Waals surface area contributed by atoms with Gasteiger partial charge in [-0.15, -0.1) is 0 Å². The highest BCUT2D eigenvalue weighted by atomic mass is 79.9. The molecule has 104 valence electrons. The van der Waals surface area contributed by atoms with Crippen LogP contribution >= 0.6 is 31.9 Å². The van der Waals surface area contributed by atoms with Gasteiger partial charge in [-0.25, -0.2) is 4.39 Å². The number of halogens is 3. The molecular weight excluding hydrogens is 391 g/mol. The highest BCUT2D eigenvalue weighted by Crippen LogP contribution is 2.25. The average Bonchev–Trinajstić information content (AvgIpc) is 2.41. The first-order chi connectivity index (χ1) is 9.51. The third-order valence-electron chi connectivity index (χ3n) is 2.84. The summed E-state index contributed by atoms with van der Waals surface area (Å²) in [5, 5.41) is 0. The summed E-state index contributed by atoms with van der Waals surface area (Å²) < 4.78 is 20.3. The van der Waals surface area contributed by atoms with Crippen LogP contribution in [0.4, 0.5) is 4.39 Å². The molecule has 0 radical (unpaired) electrons. The average molecular weight is 402 g/mol. The maximum absolute atomic E-state index is 13.8. The minimum Gasteiger partial charge on any atom is -0.497 e. The molecule has 0 unspecified atom stereocenters. The molecule has 2 rings (SSSR count). The van der Waals surface area contributed by atoms with E-state index in [9.17, 15) is 9.18 Å². The molecule has 0 saturated carbocycles. The number of ketones is 1. The highest BCUT2D eigenvalue weighted by Gasteiger charge is 2.14. The minimum atomic E-state index is -0.525. The van der Waals surface area contributed by atoms with Gasteiger partial charge in [0.05, 0.1) is 12.7 Å². The van der Waals surface area contributed by atoms with Gasteiger partial charge in [-0.05, 0) is 42.0 Å². The van der Waals surface area contributed by atoms with Crippen LogP contribution in [0, 0.1) is 5.82 Å². The zero-order valence-corrected chi connectivity index (χ0v) is 13.8. The van der Waals surface area contributed by atoms with Crippen LogP contribution in [-0.4, -0.2) is 12.9 Å². The number of carbonyl (C=O) groups excluding carboxylic acids is 1. The molecule has 2 nitrogen and oxygen atoms in total. The SMILES string of the molecule is COc1ccc(Br)c(CC(=O)c2ccc(Br)cc2F)c1. The Balaban J connectivity index is 2.27. The van der Waals surface area contributed by atoms with E-state index >= 15 is 0 Å². The Labute approximate surface area is 133 Å². The van der Waals surface area contributed by atoms with Gasteiger partial charge < -0.3 is 4.74 Å². The van der Waals surface area contributed by atoms with Crippen molar-refractivity contribution in [2.75, 3.05) is 7.11 Å². The Morgan fingerprint density at radius 3 is 2.60 bits per heavy atom. The van der Waals surface area contributed by atoms with E-state index in [4.69, 9.17) is 4.74 Å². The monoisotopic (exact) mass is 400 g/mol. The lowest BCUT2D eigenvalue weighted by molar-refractivity contribution is 0.0989. The molecule has 0 aliphatic heterocycles. The van der Waals surface area contributed by atoms with E-state index in [1.165, 1.54) is 12.1 Å².